The molecule has 0 spiro atoms. The lowest BCUT2D eigenvalue weighted by molar-refractivity contribution is -0.167. The van der Waals surface area contributed by atoms with Gasteiger partial charge in [0, 0.05) is 19.3 Å². The van der Waals surface area contributed by atoms with Crippen LogP contribution in [-0.4, -0.2) is 37.2 Å². The zero-order valence-corrected chi connectivity index (χ0v) is 43.8. The molecule has 0 heterocycles. The van der Waals surface area contributed by atoms with E-state index < -0.39 is 6.10 Å². The molecule has 0 saturated carbocycles. The average Bonchev–Trinajstić information content (AvgIpc) is 3.34. The lowest BCUT2D eigenvalue weighted by Gasteiger charge is -2.18. The topological polar surface area (TPSA) is 78.9 Å². The molecule has 1 unspecified atom stereocenters. The predicted molar refractivity (Wildman–Crippen MR) is 293 cm³/mol. The molecule has 6 heteroatoms. The van der Waals surface area contributed by atoms with Crippen molar-refractivity contribution in [2.45, 2.75) is 239 Å². The summed E-state index contributed by atoms with van der Waals surface area (Å²) in [5, 5.41) is 0. The van der Waals surface area contributed by atoms with Crippen LogP contribution in [0.25, 0.3) is 0 Å². The maximum Gasteiger partial charge on any atom is 0.306 e. The minimum atomic E-state index is -0.823. The number of allylic oxidation sites excluding steroid dienone is 20. The molecule has 0 saturated heterocycles. The third kappa shape index (κ3) is 52.8. The molecule has 0 fully saturated rings. The molecule has 0 radical (unpaired) electrons. The van der Waals surface area contributed by atoms with Crippen molar-refractivity contribution in [2.75, 3.05) is 13.2 Å². The van der Waals surface area contributed by atoms with Gasteiger partial charge in [0.15, 0.2) is 6.10 Å². The summed E-state index contributed by atoms with van der Waals surface area (Å²) in [6, 6.07) is 0. The van der Waals surface area contributed by atoms with Crippen LogP contribution in [0.1, 0.15) is 233 Å². The van der Waals surface area contributed by atoms with E-state index in [1.54, 1.807) is 0 Å². The summed E-state index contributed by atoms with van der Waals surface area (Å²) in [5.41, 5.74) is 0. The van der Waals surface area contributed by atoms with Crippen LogP contribution in [0.2, 0.25) is 0 Å². The predicted octanol–water partition coefficient (Wildman–Crippen LogP) is 18.5. The van der Waals surface area contributed by atoms with Gasteiger partial charge >= 0.3 is 17.9 Å². The molecule has 68 heavy (non-hydrogen) atoms. The summed E-state index contributed by atoms with van der Waals surface area (Å²) in [5.74, 6) is -1.00. The molecule has 0 aromatic carbocycles. The number of ether oxygens (including phenoxy) is 3. The summed E-state index contributed by atoms with van der Waals surface area (Å²) >= 11 is 0. The van der Waals surface area contributed by atoms with Gasteiger partial charge in [-0.3, -0.25) is 14.4 Å². The molecule has 0 aliphatic rings. The van der Waals surface area contributed by atoms with E-state index in [4.69, 9.17) is 14.2 Å². The van der Waals surface area contributed by atoms with Crippen molar-refractivity contribution in [1.82, 2.24) is 0 Å². The highest BCUT2D eigenvalue weighted by atomic mass is 16.6. The standard InChI is InChI=1S/C62H100O6/c1-4-7-10-13-16-19-22-25-28-30-32-34-37-40-43-46-49-52-55-61(64)67-58-59(57-66-60(63)54-51-48-45-42-39-36-33-27-24-21-18-15-12-9-6-3)68-62(65)56-53-50-47-44-41-38-35-31-29-26-23-20-17-14-11-8-5-2/h8-9,11-12,15,17-18,20-21,24,26,28-30,32,34-35,38,44,47,59H,4-7,10,13-14,16,19,22-23,25,27,31,33,36-37,39-43,45-46,48-58H2,1-3H3/b11-8-,12-9-,18-15-,20-17-,24-21-,29-26-,30-28-,34-32-,38-35-,47-44-. The third-order valence-corrected chi connectivity index (χ3v) is 11.3. The summed E-state index contributed by atoms with van der Waals surface area (Å²) in [6.45, 7) is 6.31. The second kappa shape index (κ2) is 55.4. The van der Waals surface area contributed by atoms with Gasteiger partial charge in [0.2, 0.25) is 0 Å². The van der Waals surface area contributed by atoms with Crippen LogP contribution >= 0.6 is 0 Å². The highest BCUT2D eigenvalue weighted by Crippen LogP contribution is 2.13. The molecule has 6 nitrogen and oxygen atoms in total. The van der Waals surface area contributed by atoms with Crippen molar-refractivity contribution in [3.8, 4) is 0 Å². The van der Waals surface area contributed by atoms with Gasteiger partial charge in [-0.15, -0.1) is 0 Å². The first-order valence-corrected chi connectivity index (χ1v) is 27.6. The van der Waals surface area contributed by atoms with E-state index in [-0.39, 0.29) is 37.5 Å². The van der Waals surface area contributed by atoms with Crippen LogP contribution in [0.4, 0.5) is 0 Å². The number of unbranched alkanes of at least 4 members (excludes halogenated alkanes) is 20. The molecule has 384 valence electrons. The Morgan fingerprint density at radius 1 is 0.324 bits per heavy atom. The Balaban J connectivity index is 4.54. The van der Waals surface area contributed by atoms with E-state index in [1.165, 1.54) is 77.0 Å². The fourth-order valence-corrected chi connectivity index (χ4v) is 7.17. The Hall–Kier alpha value is -4.19. The van der Waals surface area contributed by atoms with Crippen LogP contribution in [0.5, 0.6) is 0 Å². The summed E-state index contributed by atoms with van der Waals surface area (Å²) in [7, 11) is 0. The number of hydrogen-bond acceptors (Lipinski definition) is 6. The highest BCUT2D eigenvalue weighted by molar-refractivity contribution is 5.71. The van der Waals surface area contributed by atoms with E-state index in [2.05, 4.69) is 142 Å². The smallest absolute Gasteiger partial charge is 0.306 e. The monoisotopic (exact) mass is 941 g/mol. The van der Waals surface area contributed by atoms with Crippen LogP contribution in [0.15, 0.2) is 122 Å². The van der Waals surface area contributed by atoms with Crippen molar-refractivity contribution in [3.05, 3.63) is 122 Å². The molecule has 0 aliphatic heterocycles. The van der Waals surface area contributed by atoms with Gasteiger partial charge in [-0.25, -0.2) is 0 Å². The van der Waals surface area contributed by atoms with Gasteiger partial charge in [-0.2, -0.15) is 0 Å². The molecule has 0 amide bonds. The molecule has 0 aliphatic carbocycles. The number of rotatable bonds is 48. The zero-order valence-electron chi connectivity index (χ0n) is 43.8. The first kappa shape index (κ1) is 63.8. The second-order valence-corrected chi connectivity index (χ2v) is 17.8. The Labute approximate surface area is 418 Å². The fraction of sp³-hybridized carbons (Fsp3) is 0.629. The van der Waals surface area contributed by atoms with E-state index in [1.807, 2.05) is 0 Å². The molecule has 0 aromatic rings. The van der Waals surface area contributed by atoms with Crippen molar-refractivity contribution in [3.63, 3.8) is 0 Å². The lowest BCUT2D eigenvalue weighted by atomic mass is 10.1. The fourth-order valence-electron chi connectivity index (χ4n) is 7.17. The zero-order chi connectivity index (χ0) is 49.3. The van der Waals surface area contributed by atoms with Crippen LogP contribution in [0, 0.1) is 0 Å². The van der Waals surface area contributed by atoms with Crippen molar-refractivity contribution in [1.29, 1.82) is 0 Å². The van der Waals surface area contributed by atoms with E-state index in [9.17, 15) is 14.4 Å². The Kier molecular flexibility index (Phi) is 52.0. The molecular weight excluding hydrogens is 841 g/mol. The van der Waals surface area contributed by atoms with E-state index >= 15 is 0 Å². The van der Waals surface area contributed by atoms with Gasteiger partial charge in [-0.05, 0) is 103 Å². The van der Waals surface area contributed by atoms with Gasteiger partial charge in [0.1, 0.15) is 13.2 Å². The van der Waals surface area contributed by atoms with Crippen molar-refractivity contribution in [2.24, 2.45) is 0 Å². The molecule has 0 rings (SSSR count). The molecule has 1 atom stereocenters. The minimum Gasteiger partial charge on any atom is -0.462 e. The van der Waals surface area contributed by atoms with Gasteiger partial charge < -0.3 is 14.2 Å². The lowest BCUT2D eigenvalue weighted by Crippen LogP contribution is -2.30. The molecule has 0 aromatic heterocycles. The van der Waals surface area contributed by atoms with Crippen molar-refractivity contribution < 1.29 is 28.6 Å². The molecular formula is C62H100O6. The van der Waals surface area contributed by atoms with E-state index in [0.29, 0.717) is 19.3 Å². The highest BCUT2D eigenvalue weighted by Gasteiger charge is 2.19. The normalized spacial score (nSPS) is 13.0. The van der Waals surface area contributed by atoms with Crippen molar-refractivity contribution >= 4 is 17.9 Å². The van der Waals surface area contributed by atoms with Crippen LogP contribution in [-0.2, 0) is 28.6 Å². The first-order valence-electron chi connectivity index (χ1n) is 27.6. The third-order valence-electron chi connectivity index (χ3n) is 11.3. The summed E-state index contributed by atoms with van der Waals surface area (Å²) in [6.07, 6.45) is 76.2. The quantitative estimate of drug-likeness (QED) is 0.0199. The van der Waals surface area contributed by atoms with Gasteiger partial charge in [0.25, 0.3) is 0 Å². The number of esters is 3. The van der Waals surface area contributed by atoms with E-state index in [0.717, 1.165) is 109 Å². The SMILES string of the molecule is CC\C=C/C=C\C=C/CCCCCCCCCC(=O)OCC(COC(=O)CCCCCCC/C=C\C=C/CCCCCCCCC)OC(=O)CCC/C=C\C/C=C\C/C=C\C/C=C\C/C=C\CC. The average molecular weight is 941 g/mol. The molecule has 0 bridgehead atoms. The Morgan fingerprint density at radius 3 is 1.10 bits per heavy atom. The Morgan fingerprint density at radius 2 is 0.662 bits per heavy atom. The number of carbonyl (C=O) groups is 3. The van der Waals surface area contributed by atoms with Gasteiger partial charge in [0.05, 0.1) is 0 Å². The maximum atomic E-state index is 12.8. The summed E-state index contributed by atoms with van der Waals surface area (Å²) in [4.78, 5) is 38.1. The largest absolute Gasteiger partial charge is 0.462 e. The number of carbonyl (C=O) groups excluding carboxylic acids is 3. The molecule has 0 N–H and O–H groups in total. The summed E-state index contributed by atoms with van der Waals surface area (Å²) < 4.78 is 16.8. The minimum absolute atomic E-state index is 0.115. The Bertz CT molecular complexity index is 1450. The van der Waals surface area contributed by atoms with Crippen LogP contribution in [0.3, 0.4) is 0 Å². The van der Waals surface area contributed by atoms with Gasteiger partial charge in [-0.1, -0.05) is 232 Å². The number of hydrogen-bond donors (Lipinski definition) is 0. The van der Waals surface area contributed by atoms with Crippen LogP contribution < -0.4 is 0 Å². The second-order valence-electron chi connectivity index (χ2n) is 17.8. The first-order chi connectivity index (χ1) is 33.5. The maximum absolute atomic E-state index is 12.8.